The molecule has 0 aliphatic carbocycles. The number of nitrogens with one attached hydrogen (secondary N) is 1. The summed E-state index contributed by atoms with van der Waals surface area (Å²) < 4.78 is 37.7. The summed E-state index contributed by atoms with van der Waals surface area (Å²) in [6.45, 7) is 10.1. The van der Waals surface area contributed by atoms with Gasteiger partial charge in [-0.3, -0.25) is 4.79 Å². The molecule has 1 N–H and O–H groups in total. The Bertz CT molecular complexity index is 1180. The van der Waals surface area contributed by atoms with Gasteiger partial charge < -0.3 is 14.5 Å². The topological polar surface area (TPSA) is 66.8 Å². The summed E-state index contributed by atoms with van der Waals surface area (Å²) >= 11 is 1.74. The van der Waals surface area contributed by atoms with Crippen molar-refractivity contribution < 1.29 is 13.2 Å². The van der Waals surface area contributed by atoms with E-state index < -0.39 is 11.7 Å². The molecule has 0 amide bonds. The largest absolute Gasteiger partial charge is 0.416 e. The molecular formula is C27H36F3N5OS. The van der Waals surface area contributed by atoms with Gasteiger partial charge in [0.25, 0.3) is 0 Å². The number of rotatable bonds is 8. The number of pyridine rings is 1. The number of likely N-dealkylation sites (tertiary alicyclic amines) is 1. The third-order valence-corrected chi connectivity index (χ3v) is 7.71. The first-order chi connectivity index (χ1) is 17.6. The summed E-state index contributed by atoms with van der Waals surface area (Å²) in [6, 6.07) is 8.46. The highest BCUT2D eigenvalue weighted by Crippen LogP contribution is 2.29. The third-order valence-electron chi connectivity index (χ3n) is 6.60. The van der Waals surface area contributed by atoms with Crippen molar-refractivity contribution in [2.45, 2.75) is 51.4 Å². The van der Waals surface area contributed by atoms with Gasteiger partial charge >= 0.3 is 6.18 Å². The Morgan fingerprint density at radius 1 is 1.14 bits per heavy atom. The Morgan fingerprint density at radius 3 is 2.51 bits per heavy atom. The maximum atomic E-state index is 11.9. The van der Waals surface area contributed by atoms with Crippen molar-refractivity contribution in [3.05, 3.63) is 64.1 Å². The number of hydrogen-bond donors (Lipinski definition) is 1. The van der Waals surface area contributed by atoms with Gasteiger partial charge in [0.05, 0.1) is 5.56 Å². The predicted octanol–water partition coefficient (Wildman–Crippen LogP) is 6.03. The molecule has 0 bridgehead atoms. The van der Waals surface area contributed by atoms with Crippen molar-refractivity contribution in [1.29, 1.82) is 0 Å². The van der Waals surface area contributed by atoms with Crippen LogP contribution in [0.2, 0.25) is 0 Å². The van der Waals surface area contributed by atoms with Crippen LogP contribution in [0.25, 0.3) is 11.4 Å². The van der Waals surface area contributed by atoms with E-state index in [4.69, 9.17) is 0 Å². The lowest BCUT2D eigenvalue weighted by Gasteiger charge is -2.15. The molecule has 202 valence electrons. The summed E-state index contributed by atoms with van der Waals surface area (Å²) in [5.41, 5.74) is 0.908. The second-order valence-corrected chi connectivity index (χ2v) is 10.7. The van der Waals surface area contributed by atoms with Crippen molar-refractivity contribution in [3.63, 3.8) is 0 Å². The lowest BCUT2D eigenvalue weighted by molar-refractivity contribution is -0.137. The Balaban J connectivity index is 0.000000289. The first kappa shape index (κ1) is 29.0. The fourth-order valence-electron chi connectivity index (χ4n) is 4.54. The van der Waals surface area contributed by atoms with Gasteiger partial charge in [-0.25, -0.2) is 0 Å². The van der Waals surface area contributed by atoms with E-state index in [2.05, 4.69) is 33.9 Å². The van der Waals surface area contributed by atoms with E-state index in [1.807, 2.05) is 17.7 Å². The van der Waals surface area contributed by atoms with Crippen LogP contribution in [0.1, 0.15) is 44.2 Å². The molecule has 3 heterocycles. The van der Waals surface area contributed by atoms with Crippen LogP contribution < -0.4 is 5.56 Å². The van der Waals surface area contributed by atoms with Gasteiger partial charge in [-0.2, -0.15) is 13.2 Å². The van der Waals surface area contributed by atoms with Crippen LogP contribution in [0.4, 0.5) is 13.2 Å². The lowest BCUT2D eigenvalue weighted by Crippen LogP contribution is -2.22. The highest BCUT2D eigenvalue weighted by molar-refractivity contribution is 7.99. The van der Waals surface area contributed by atoms with Gasteiger partial charge in [0, 0.05) is 43.7 Å². The summed E-state index contributed by atoms with van der Waals surface area (Å²) in [4.78, 5) is 16.7. The number of alkyl halides is 3. The van der Waals surface area contributed by atoms with Crippen molar-refractivity contribution in [3.8, 4) is 11.4 Å². The van der Waals surface area contributed by atoms with Crippen LogP contribution in [0, 0.1) is 18.8 Å². The first-order valence-corrected chi connectivity index (χ1v) is 13.6. The number of aromatic amines is 1. The van der Waals surface area contributed by atoms with Crippen LogP contribution >= 0.6 is 11.8 Å². The first-order valence-electron chi connectivity index (χ1n) is 12.7. The van der Waals surface area contributed by atoms with E-state index in [0.29, 0.717) is 0 Å². The van der Waals surface area contributed by atoms with Crippen molar-refractivity contribution in [1.82, 2.24) is 24.6 Å². The second-order valence-electron chi connectivity index (χ2n) is 9.66. The maximum absolute atomic E-state index is 11.9. The van der Waals surface area contributed by atoms with E-state index in [1.54, 1.807) is 30.9 Å². The fourth-order valence-corrected chi connectivity index (χ4v) is 5.38. The van der Waals surface area contributed by atoms with Crippen molar-refractivity contribution in [2.24, 2.45) is 18.9 Å². The number of nitrogens with zero attached hydrogens (tertiary/aromatic N) is 4. The summed E-state index contributed by atoms with van der Waals surface area (Å²) in [5, 5.41) is 9.44. The summed E-state index contributed by atoms with van der Waals surface area (Å²) in [6.07, 6.45) is 1.23. The number of hydrogen-bond acceptors (Lipinski definition) is 5. The molecule has 6 nitrogen and oxygen atoms in total. The van der Waals surface area contributed by atoms with Crippen molar-refractivity contribution in [2.75, 3.05) is 25.4 Å². The van der Waals surface area contributed by atoms with Gasteiger partial charge in [0.1, 0.15) is 0 Å². The number of thioether (sulfide) groups is 1. The molecule has 4 rings (SSSR count). The average molecular weight is 536 g/mol. The third kappa shape index (κ3) is 8.46. The number of aromatic nitrogens is 4. The Morgan fingerprint density at radius 2 is 1.86 bits per heavy atom. The summed E-state index contributed by atoms with van der Waals surface area (Å²) in [5.74, 6) is 3.47. The fraction of sp³-hybridized carbons (Fsp3) is 0.519. The van der Waals surface area contributed by atoms with Gasteiger partial charge in [-0.15, -0.1) is 10.2 Å². The van der Waals surface area contributed by atoms with Crippen LogP contribution in [0.5, 0.6) is 0 Å². The number of benzene rings is 1. The van der Waals surface area contributed by atoms with Gasteiger partial charge in [0.2, 0.25) is 5.56 Å². The Hall–Kier alpha value is -2.59. The van der Waals surface area contributed by atoms with Crippen LogP contribution in [0.3, 0.4) is 0 Å². The zero-order valence-electron chi connectivity index (χ0n) is 21.9. The maximum Gasteiger partial charge on any atom is 0.416 e. The molecule has 0 spiro atoms. The molecule has 2 atom stereocenters. The normalized spacial score (nSPS) is 18.0. The number of halogens is 3. The van der Waals surface area contributed by atoms with Crippen LogP contribution in [-0.2, 0) is 13.2 Å². The smallest absolute Gasteiger partial charge is 0.329 e. The molecule has 0 radical (unpaired) electrons. The molecule has 2 aromatic heterocycles. The number of H-pyrrole nitrogens is 1. The van der Waals surface area contributed by atoms with Gasteiger partial charge in [0.15, 0.2) is 11.0 Å². The summed E-state index contributed by atoms with van der Waals surface area (Å²) in [7, 11) is 1.95. The van der Waals surface area contributed by atoms with E-state index in [1.165, 1.54) is 38.1 Å². The minimum Gasteiger partial charge on any atom is -0.329 e. The van der Waals surface area contributed by atoms with Crippen molar-refractivity contribution >= 4 is 11.8 Å². The molecule has 1 aromatic carbocycles. The predicted molar refractivity (Wildman–Crippen MR) is 143 cm³/mol. The lowest BCUT2D eigenvalue weighted by atomic mass is 9.94. The quantitative estimate of drug-likeness (QED) is 0.282. The average Bonchev–Trinajstić information content (AvgIpc) is 3.39. The zero-order chi connectivity index (χ0) is 27.0. The van der Waals surface area contributed by atoms with E-state index in [0.717, 1.165) is 64.8 Å². The molecule has 0 saturated carbocycles. The molecule has 37 heavy (non-hydrogen) atoms. The molecular weight excluding hydrogens is 499 g/mol. The zero-order valence-corrected chi connectivity index (χ0v) is 22.7. The second kappa shape index (κ2) is 13.3. The Kier molecular flexibility index (Phi) is 10.4. The van der Waals surface area contributed by atoms with Crippen LogP contribution in [0.15, 0.2) is 52.5 Å². The monoisotopic (exact) mass is 535 g/mol. The van der Waals surface area contributed by atoms with Gasteiger partial charge in [-0.05, 0) is 56.3 Å². The standard InChI is InChI=1S/C19H29N5OS.C8H7F3/c1-4-6-16-13-24(12-14(16)2)9-5-10-26-19-22-21-18(23(19)3)15-7-8-20-17(25)11-15;1-6-2-4-7(5-3-6)8(9,10)11/h7-8,11,14,16H,4-6,9-10,12-13H2,1-3H3,(H,20,25);2-5H,1H3. The highest BCUT2D eigenvalue weighted by Gasteiger charge is 2.30. The van der Waals surface area contributed by atoms with Gasteiger partial charge in [-0.1, -0.05) is 49.7 Å². The van der Waals surface area contributed by atoms with E-state index >= 15 is 0 Å². The van der Waals surface area contributed by atoms with E-state index in [9.17, 15) is 18.0 Å². The molecule has 1 fully saturated rings. The number of aryl methyl sites for hydroxylation is 1. The molecule has 1 aliphatic heterocycles. The highest BCUT2D eigenvalue weighted by atomic mass is 32.2. The van der Waals surface area contributed by atoms with Crippen LogP contribution in [-0.4, -0.2) is 50.0 Å². The van der Waals surface area contributed by atoms with E-state index in [-0.39, 0.29) is 5.56 Å². The SMILES string of the molecule is CCCC1CN(CCCSc2nnc(-c3cc[nH]c(=O)c3)n2C)CC1C.Cc1ccc(C(F)(F)F)cc1. The minimum absolute atomic E-state index is 0.124. The molecule has 10 heteroatoms. The minimum atomic E-state index is -4.21. The molecule has 3 aromatic rings. The Labute approximate surface area is 220 Å². The molecule has 1 aliphatic rings. The molecule has 1 saturated heterocycles. The molecule has 2 unspecified atom stereocenters.